The quantitative estimate of drug-likeness (QED) is 0.0889. The van der Waals surface area contributed by atoms with Gasteiger partial charge in [0, 0.05) is 30.5 Å². The van der Waals surface area contributed by atoms with Gasteiger partial charge in [-0.15, -0.1) is 0 Å². The van der Waals surface area contributed by atoms with Crippen LogP contribution in [0.4, 0.5) is 105 Å². The molecule has 1 nitrogen and oxygen atoms in total. The van der Waals surface area contributed by atoms with Gasteiger partial charge in [0.1, 0.15) is 6.15 Å². The molecule has 6 aromatic rings. The first kappa shape index (κ1) is 58.5. The van der Waals surface area contributed by atoms with Crippen molar-refractivity contribution >= 4 is 28.0 Å². The third-order valence-corrected chi connectivity index (χ3v) is 12.0. The third-order valence-electron chi connectivity index (χ3n) is 12.0. The van der Waals surface area contributed by atoms with Gasteiger partial charge in [-0.05, 0) is 44.2 Å². The van der Waals surface area contributed by atoms with Gasteiger partial charge in [0.25, 0.3) is 0 Å². The zero-order chi connectivity index (χ0) is 56.3. The highest BCUT2D eigenvalue weighted by Crippen LogP contribution is 2.41. The predicted molar refractivity (Wildman–Crippen MR) is 221 cm³/mol. The summed E-state index contributed by atoms with van der Waals surface area (Å²) in [5, 5.41) is 0. The Morgan fingerprint density at radius 2 is 0.500 bits per heavy atom. The van der Waals surface area contributed by atoms with E-state index < -0.39 is 195 Å². The Hall–Kier alpha value is -6.37. The maximum absolute atomic E-state index is 14.2. The summed E-state index contributed by atoms with van der Waals surface area (Å²) < 4.78 is 343. The van der Waals surface area contributed by atoms with Crippen LogP contribution in [0.2, 0.25) is 0 Å². The highest BCUT2D eigenvalue weighted by molar-refractivity contribution is 7.20. The number of benzene rings is 5. The molecule has 0 N–H and O–H groups in total. The van der Waals surface area contributed by atoms with Crippen molar-refractivity contribution in [1.29, 1.82) is 0 Å². The van der Waals surface area contributed by atoms with Crippen LogP contribution in [-0.2, 0) is 56.0 Å². The minimum Gasteiger partial charge on any atom is -0.195 e. The molecule has 400 valence electrons. The molecule has 26 heteroatoms. The first-order valence-corrected chi connectivity index (χ1v) is 20.7. The van der Waals surface area contributed by atoms with E-state index in [0.717, 1.165) is 6.54 Å². The van der Waals surface area contributed by atoms with Crippen molar-refractivity contribution in [3.05, 3.63) is 182 Å². The van der Waals surface area contributed by atoms with Gasteiger partial charge in [-0.25, -0.2) is 0 Å². The lowest BCUT2D eigenvalue weighted by atomic mass is 9.12. The van der Waals surface area contributed by atoms with Crippen molar-refractivity contribution in [3.63, 3.8) is 0 Å². The van der Waals surface area contributed by atoms with E-state index in [9.17, 15) is 105 Å². The molecule has 0 spiro atoms. The lowest BCUT2D eigenvalue weighted by molar-refractivity contribution is -0.700. The van der Waals surface area contributed by atoms with Gasteiger partial charge in [-0.3, -0.25) is 0 Å². The lowest BCUT2D eigenvalue weighted by Gasteiger charge is -2.46. The van der Waals surface area contributed by atoms with E-state index in [1.54, 1.807) is 0 Å². The molecular weight excluding hydrogens is 1060 g/mol. The average Bonchev–Trinajstić information content (AvgIpc) is 3.25. The molecule has 74 heavy (non-hydrogen) atoms. The number of rotatable bonds is 6. The SMILES string of the molecule is Cc1cc(C)c(C)[n+](Cc2ccccc2)c1C.FC(F)(F)c1cc([B-](c2cc(C(F)(F)F)cc(C(F)(F)F)c2)(c2cc(C(F)(F)F)cc(C(F)(F)F)c2)c2cc(C(F)(F)F)cc(C(F)(F)F)c2)cc(C(F)(F)F)c1. The van der Waals surface area contributed by atoms with Crippen molar-refractivity contribution in [3.8, 4) is 0 Å². The van der Waals surface area contributed by atoms with Crippen LogP contribution in [0.15, 0.2) is 109 Å². The van der Waals surface area contributed by atoms with Gasteiger partial charge in [-0.2, -0.15) is 132 Å². The number of aryl methyl sites for hydroxylation is 2. The average molecular weight is 1090 g/mol. The van der Waals surface area contributed by atoms with Crippen LogP contribution in [-0.4, -0.2) is 6.15 Å². The molecule has 5 aromatic carbocycles. The van der Waals surface area contributed by atoms with E-state index in [2.05, 4.69) is 68.7 Å². The molecule has 0 atom stereocenters. The molecule has 0 aliphatic heterocycles. The fourth-order valence-electron chi connectivity index (χ4n) is 8.28. The van der Waals surface area contributed by atoms with Crippen molar-refractivity contribution < 1.29 is 110 Å². The summed E-state index contributed by atoms with van der Waals surface area (Å²) >= 11 is 0. The summed E-state index contributed by atoms with van der Waals surface area (Å²) in [6.45, 7) is 9.73. The Kier molecular flexibility index (Phi) is 15.6. The maximum Gasteiger partial charge on any atom is 0.416 e. The second-order valence-corrected chi connectivity index (χ2v) is 17.0. The summed E-state index contributed by atoms with van der Waals surface area (Å²) in [6.07, 6.45) is -54.8. The molecule has 1 heterocycles. The van der Waals surface area contributed by atoms with E-state index in [4.69, 9.17) is 0 Å². The second kappa shape index (κ2) is 19.7. The van der Waals surface area contributed by atoms with E-state index >= 15 is 0 Å². The Bertz CT molecular complexity index is 2540. The minimum atomic E-state index is -6.13. The minimum absolute atomic E-state index is 0.691. The molecule has 0 unspecified atom stereocenters. The number of hydrogen-bond donors (Lipinski definition) is 0. The normalized spacial score (nSPS) is 13.5. The van der Waals surface area contributed by atoms with Crippen molar-refractivity contribution in [1.82, 2.24) is 0 Å². The molecule has 0 saturated carbocycles. The van der Waals surface area contributed by atoms with Crippen LogP contribution in [0.5, 0.6) is 0 Å². The number of aromatic nitrogens is 1. The molecule has 0 aliphatic rings. The van der Waals surface area contributed by atoms with Gasteiger partial charge in [0.05, 0.1) is 44.5 Å². The van der Waals surface area contributed by atoms with E-state index in [-0.39, 0.29) is 0 Å². The van der Waals surface area contributed by atoms with Crippen LogP contribution in [0.25, 0.3) is 0 Å². The van der Waals surface area contributed by atoms with E-state index in [0.29, 0.717) is 0 Å². The number of alkyl halides is 24. The smallest absolute Gasteiger partial charge is 0.195 e. The second-order valence-electron chi connectivity index (χ2n) is 17.0. The Morgan fingerprint density at radius 1 is 0.297 bits per heavy atom. The van der Waals surface area contributed by atoms with Crippen LogP contribution in [0.3, 0.4) is 0 Å². The van der Waals surface area contributed by atoms with Crippen LogP contribution in [0.1, 0.15) is 72.6 Å². The van der Waals surface area contributed by atoms with E-state index in [1.165, 1.54) is 28.1 Å². The Balaban J connectivity index is 0.000000500. The molecule has 0 bridgehead atoms. The molecule has 0 aliphatic carbocycles. The molecule has 1 aromatic heterocycles. The molecule has 0 amide bonds. The van der Waals surface area contributed by atoms with Crippen LogP contribution in [0, 0.1) is 27.7 Å². The van der Waals surface area contributed by atoms with Crippen molar-refractivity contribution in [2.75, 3.05) is 0 Å². The summed E-state index contributed by atoms with van der Waals surface area (Å²) in [5.41, 5.74) is -23.4. The zero-order valence-electron chi connectivity index (χ0n) is 37.7. The first-order chi connectivity index (χ1) is 33.4. The van der Waals surface area contributed by atoms with Gasteiger partial charge in [0.15, 0.2) is 17.9 Å². The van der Waals surface area contributed by atoms with Crippen LogP contribution >= 0.6 is 0 Å². The molecule has 6 rings (SSSR count). The number of nitrogens with zero attached hydrogens (tertiary/aromatic N) is 1. The monoisotopic (exact) mass is 1090 g/mol. The highest BCUT2D eigenvalue weighted by Gasteiger charge is 2.47. The summed E-state index contributed by atoms with van der Waals surface area (Å²) in [5.74, 6) is 0. The van der Waals surface area contributed by atoms with Crippen LogP contribution < -0.4 is 26.4 Å². The van der Waals surface area contributed by atoms with E-state index in [1.807, 2.05) is 0 Å². The molecule has 0 radical (unpaired) electrons. The number of pyridine rings is 1. The topological polar surface area (TPSA) is 3.88 Å². The third kappa shape index (κ3) is 12.9. The summed E-state index contributed by atoms with van der Waals surface area (Å²) in [6, 6.07) is 4.09. The van der Waals surface area contributed by atoms with Crippen molar-refractivity contribution in [2.45, 2.75) is 83.7 Å². The molecule has 0 saturated heterocycles. The number of hydrogen-bond acceptors (Lipinski definition) is 0. The Morgan fingerprint density at radius 3 is 0.689 bits per heavy atom. The fraction of sp³-hybridized carbons (Fsp3) is 0.271. The summed E-state index contributed by atoms with van der Waals surface area (Å²) in [7, 11) is 0. The number of halogens is 24. The molecular formula is C48H32BF24N. The van der Waals surface area contributed by atoms with Gasteiger partial charge >= 0.3 is 49.4 Å². The first-order valence-electron chi connectivity index (χ1n) is 20.7. The summed E-state index contributed by atoms with van der Waals surface area (Å²) in [4.78, 5) is 0. The largest absolute Gasteiger partial charge is 0.416 e. The predicted octanol–water partition coefficient (Wildman–Crippen LogP) is 14.5. The molecule has 0 fully saturated rings. The lowest BCUT2D eigenvalue weighted by Crippen LogP contribution is -2.75. The van der Waals surface area contributed by atoms with Gasteiger partial charge in [-0.1, -0.05) is 78.9 Å². The van der Waals surface area contributed by atoms with Crippen molar-refractivity contribution in [2.24, 2.45) is 0 Å². The maximum atomic E-state index is 14.2. The Labute approximate surface area is 403 Å². The van der Waals surface area contributed by atoms with Gasteiger partial charge in [0.2, 0.25) is 0 Å². The zero-order valence-corrected chi connectivity index (χ0v) is 37.7. The highest BCUT2D eigenvalue weighted by atomic mass is 19.4. The standard InChI is InChI=1S/C32H12BF24.C16H20N/c34-25(35,36)13-1-14(26(37,38)39)6-21(5-13)33(22-7-15(27(40,41)42)2-16(8-22)28(43,44)45,23-9-17(29(46,47)48)3-18(10-23)30(49,50)51)24-11-19(31(52,53)54)4-20(12-24)32(55,56)57;1-12-10-13(2)15(4)17(14(12)3)11-16-8-6-5-7-9-16/h1-12H;5-10H,11H2,1-4H3/q-1;+1. The van der Waals surface area contributed by atoms with Gasteiger partial charge < -0.3 is 0 Å². The fourth-order valence-corrected chi connectivity index (χ4v) is 8.28.